The fourth-order valence-electron chi connectivity index (χ4n) is 3.32. The van der Waals surface area contributed by atoms with Gasteiger partial charge < -0.3 is 14.4 Å². The highest BCUT2D eigenvalue weighted by Crippen LogP contribution is 2.35. The number of hydrogen-bond donors (Lipinski definition) is 1. The van der Waals surface area contributed by atoms with E-state index in [1.165, 1.54) is 0 Å². The monoisotopic (exact) mass is 392 g/mol. The molecule has 0 fully saturated rings. The van der Waals surface area contributed by atoms with Gasteiger partial charge in [0.1, 0.15) is 11.6 Å². The van der Waals surface area contributed by atoms with E-state index >= 15 is 0 Å². The van der Waals surface area contributed by atoms with E-state index in [4.69, 9.17) is 9.84 Å². The molecule has 0 amide bonds. The van der Waals surface area contributed by atoms with Crippen LogP contribution in [-0.4, -0.2) is 27.2 Å². The number of rotatable bonds is 6. The SMILES string of the molecule is CCCOc1ccc(-c2ncc(-c3ccc(C(=O)O)cc3)n2C)cc1C(C)(C)C. The van der Waals surface area contributed by atoms with Crippen molar-refractivity contribution in [1.82, 2.24) is 9.55 Å². The maximum Gasteiger partial charge on any atom is 0.335 e. The zero-order valence-electron chi connectivity index (χ0n) is 17.7. The smallest absolute Gasteiger partial charge is 0.335 e. The van der Waals surface area contributed by atoms with Crippen LogP contribution in [0.5, 0.6) is 5.75 Å². The van der Waals surface area contributed by atoms with Crippen molar-refractivity contribution < 1.29 is 14.6 Å². The van der Waals surface area contributed by atoms with Gasteiger partial charge in [0.05, 0.1) is 24.1 Å². The molecular weight excluding hydrogens is 364 g/mol. The third-order valence-corrected chi connectivity index (χ3v) is 4.92. The largest absolute Gasteiger partial charge is 0.493 e. The van der Waals surface area contributed by atoms with Crippen molar-refractivity contribution in [3.63, 3.8) is 0 Å². The van der Waals surface area contributed by atoms with Gasteiger partial charge in [0.25, 0.3) is 0 Å². The van der Waals surface area contributed by atoms with Crippen LogP contribution < -0.4 is 4.74 Å². The number of aromatic nitrogens is 2. The Morgan fingerprint density at radius 1 is 1.10 bits per heavy atom. The second-order valence-corrected chi connectivity index (χ2v) is 8.22. The Morgan fingerprint density at radius 3 is 2.34 bits per heavy atom. The number of carboxylic acids is 1. The summed E-state index contributed by atoms with van der Waals surface area (Å²) in [6.07, 6.45) is 2.79. The summed E-state index contributed by atoms with van der Waals surface area (Å²) in [7, 11) is 1.97. The fraction of sp³-hybridized carbons (Fsp3) is 0.333. The number of carboxylic acid groups (broad SMARTS) is 1. The zero-order valence-corrected chi connectivity index (χ0v) is 17.7. The number of hydrogen-bond acceptors (Lipinski definition) is 3. The molecule has 0 aliphatic carbocycles. The Morgan fingerprint density at radius 2 is 1.76 bits per heavy atom. The summed E-state index contributed by atoms with van der Waals surface area (Å²) in [6.45, 7) is 9.33. The van der Waals surface area contributed by atoms with Gasteiger partial charge in [0.15, 0.2) is 0 Å². The quantitative estimate of drug-likeness (QED) is 0.598. The van der Waals surface area contributed by atoms with Crippen LogP contribution in [0.4, 0.5) is 0 Å². The van der Waals surface area contributed by atoms with Gasteiger partial charge in [-0.1, -0.05) is 39.8 Å². The molecule has 0 aliphatic heterocycles. The number of carbonyl (C=O) groups is 1. The Balaban J connectivity index is 2.00. The molecule has 1 N–H and O–H groups in total. The van der Waals surface area contributed by atoms with Crippen LogP contribution in [0.2, 0.25) is 0 Å². The first-order chi connectivity index (χ1) is 13.7. The molecule has 0 unspecified atom stereocenters. The van der Waals surface area contributed by atoms with Crippen molar-refractivity contribution in [3.05, 3.63) is 59.8 Å². The summed E-state index contributed by atoms with van der Waals surface area (Å²) in [4.78, 5) is 15.7. The topological polar surface area (TPSA) is 64.3 Å². The van der Waals surface area contributed by atoms with E-state index in [0.717, 1.165) is 40.4 Å². The zero-order chi connectivity index (χ0) is 21.2. The first-order valence-corrected chi connectivity index (χ1v) is 9.85. The molecule has 0 atom stereocenters. The molecule has 0 bridgehead atoms. The summed E-state index contributed by atoms with van der Waals surface area (Å²) in [5.74, 6) is 0.846. The van der Waals surface area contributed by atoms with Crippen molar-refractivity contribution >= 4 is 5.97 Å². The average molecular weight is 392 g/mol. The molecule has 1 heterocycles. The van der Waals surface area contributed by atoms with E-state index in [1.54, 1.807) is 12.1 Å². The highest BCUT2D eigenvalue weighted by atomic mass is 16.5. The molecular formula is C24H28N2O3. The first-order valence-electron chi connectivity index (χ1n) is 9.85. The minimum absolute atomic E-state index is 0.0558. The highest BCUT2D eigenvalue weighted by molar-refractivity contribution is 5.88. The van der Waals surface area contributed by atoms with Crippen LogP contribution in [0.15, 0.2) is 48.7 Å². The molecule has 0 saturated carbocycles. The molecule has 3 aromatic rings. The van der Waals surface area contributed by atoms with Gasteiger partial charge in [0.2, 0.25) is 0 Å². The van der Waals surface area contributed by atoms with Gasteiger partial charge in [0, 0.05) is 18.2 Å². The molecule has 29 heavy (non-hydrogen) atoms. The van der Waals surface area contributed by atoms with E-state index in [1.807, 2.05) is 42.1 Å². The van der Waals surface area contributed by atoms with Crippen LogP contribution in [0.3, 0.4) is 0 Å². The van der Waals surface area contributed by atoms with Crippen molar-refractivity contribution in [2.24, 2.45) is 7.05 Å². The fourth-order valence-corrected chi connectivity index (χ4v) is 3.32. The molecule has 1 aromatic heterocycles. The van der Waals surface area contributed by atoms with E-state index < -0.39 is 5.97 Å². The van der Waals surface area contributed by atoms with Crippen molar-refractivity contribution in [2.45, 2.75) is 39.5 Å². The van der Waals surface area contributed by atoms with Crippen LogP contribution >= 0.6 is 0 Å². The predicted octanol–water partition coefficient (Wildman–Crippen LogP) is 5.54. The molecule has 0 radical (unpaired) electrons. The van der Waals surface area contributed by atoms with Gasteiger partial charge in [-0.2, -0.15) is 0 Å². The average Bonchev–Trinajstić information content (AvgIpc) is 3.07. The second-order valence-electron chi connectivity index (χ2n) is 8.22. The van der Waals surface area contributed by atoms with Crippen molar-refractivity contribution in [2.75, 3.05) is 6.61 Å². The van der Waals surface area contributed by atoms with Gasteiger partial charge in [-0.05, 0) is 47.7 Å². The third-order valence-electron chi connectivity index (χ3n) is 4.92. The van der Waals surface area contributed by atoms with Gasteiger partial charge in [-0.15, -0.1) is 0 Å². The molecule has 3 rings (SSSR count). The van der Waals surface area contributed by atoms with Crippen molar-refractivity contribution in [3.8, 4) is 28.4 Å². The predicted molar refractivity (Wildman–Crippen MR) is 116 cm³/mol. The minimum Gasteiger partial charge on any atom is -0.493 e. The van der Waals surface area contributed by atoms with Crippen LogP contribution in [0.1, 0.15) is 50.0 Å². The Kier molecular flexibility index (Phi) is 5.78. The second kappa shape index (κ2) is 8.11. The molecule has 5 nitrogen and oxygen atoms in total. The van der Waals surface area contributed by atoms with E-state index in [-0.39, 0.29) is 11.0 Å². The van der Waals surface area contributed by atoms with Gasteiger partial charge in [-0.25, -0.2) is 9.78 Å². The summed E-state index contributed by atoms with van der Waals surface area (Å²) >= 11 is 0. The Hall–Kier alpha value is -3.08. The maximum atomic E-state index is 11.1. The molecule has 0 aliphatic rings. The third kappa shape index (κ3) is 4.34. The Labute approximate surface area is 172 Å². The molecule has 2 aromatic carbocycles. The lowest BCUT2D eigenvalue weighted by Gasteiger charge is -2.23. The van der Waals surface area contributed by atoms with Gasteiger partial charge in [-0.3, -0.25) is 0 Å². The van der Waals surface area contributed by atoms with Crippen molar-refractivity contribution in [1.29, 1.82) is 0 Å². The first kappa shape index (κ1) is 20.6. The number of aromatic carboxylic acids is 1. The van der Waals surface area contributed by atoms with E-state index in [9.17, 15) is 4.79 Å². The molecule has 0 saturated heterocycles. The van der Waals surface area contributed by atoms with E-state index in [0.29, 0.717) is 6.61 Å². The van der Waals surface area contributed by atoms with E-state index in [2.05, 4.69) is 38.7 Å². The molecule has 5 heteroatoms. The standard InChI is InChI=1S/C24H28N2O3/c1-6-13-29-21-12-11-18(14-19(21)24(2,3)4)22-25-15-20(26(22)5)16-7-9-17(10-8-16)23(27)28/h7-12,14-15H,6,13H2,1-5H3,(H,27,28). The number of imidazole rings is 1. The maximum absolute atomic E-state index is 11.1. The Bertz CT molecular complexity index is 1010. The van der Waals surface area contributed by atoms with Gasteiger partial charge >= 0.3 is 5.97 Å². The number of ether oxygens (including phenoxy) is 1. The lowest BCUT2D eigenvalue weighted by atomic mass is 9.85. The van der Waals surface area contributed by atoms with Crippen LogP contribution in [-0.2, 0) is 12.5 Å². The van der Waals surface area contributed by atoms with Crippen LogP contribution in [0, 0.1) is 0 Å². The molecule has 152 valence electrons. The number of nitrogens with zero attached hydrogens (tertiary/aromatic N) is 2. The lowest BCUT2D eigenvalue weighted by Crippen LogP contribution is -2.14. The minimum atomic E-state index is -0.928. The summed E-state index contributed by atoms with van der Waals surface area (Å²) in [5.41, 5.74) is 4.25. The number of benzene rings is 2. The summed E-state index contributed by atoms with van der Waals surface area (Å²) in [5, 5.41) is 9.09. The highest BCUT2D eigenvalue weighted by Gasteiger charge is 2.21. The molecule has 0 spiro atoms. The lowest BCUT2D eigenvalue weighted by molar-refractivity contribution is 0.0697. The van der Waals surface area contributed by atoms with Crippen LogP contribution in [0.25, 0.3) is 22.6 Å². The summed E-state index contributed by atoms with van der Waals surface area (Å²) < 4.78 is 8.00. The summed E-state index contributed by atoms with van der Waals surface area (Å²) in [6, 6.07) is 13.1. The normalized spacial score (nSPS) is 11.5.